The molecule has 0 saturated heterocycles. The zero-order valence-electron chi connectivity index (χ0n) is 14.8. The molecule has 132 valence electrons. The lowest BCUT2D eigenvalue weighted by Gasteiger charge is -2.19. The Labute approximate surface area is 143 Å². The molecule has 1 aromatic carbocycles. The summed E-state index contributed by atoms with van der Waals surface area (Å²) in [7, 11) is 0. The van der Waals surface area contributed by atoms with Gasteiger partial charge in [-0.15, -0.1) is 0 Å². The lowest BCUT2D eigenvalue weighted by atomic mass is 9.98. The number of amides is 1. The summed E-state index contributed by atoms with van der Waals surface area (Å²) in [5, 5.41) is 11.9. The lowest BCUT2D eigenvalue weighted by molar-refractivity contribution is -0.141. The lowest BCUT2D eigenvalue weighted by Crippen LogP contribution is -2.41. The van der Waals surface area contributed by atoms with E-state index in [-0.39, 0.29) is 17.9 Å². The van der Waals surface area contributed by atoms with Crippen LogP contribution >= 0.6 is 0 Å². The van der Waals surface area contributed by atoms with Gasteiger partial charge in [0.25, 0.3) is 5.91 Å². The molecule has 0 bridgehead atoms. The van der Waals surface area contributed by atoms with Crippen LogP contribution < -0.4 is 10.1 Å². The van der Waals surface area contributed by atoms with E-state index in [0.717, 1.165) is 5.56 Å². The summed E-state index contributed by atoms with van der Waals surface area (Å²) in [6, 6.07) is 5.81. The Morgan fingerprint density at radius 2 is 1.96 bits per heavy atom. The Morgan fingerprint density at radius 3 is 2.50 bits per heavy atom. The number of rotatable bonds is 6. The van der Waals surface area contributed by atoms with Crippen molar-refractivity contribution in [2.45, 2.75) is 65.0 Å². The second-order valence-corrected chi connectivity index (χ2v) is 6.99. The fourth-order valence-corrected chi connectivity index (χ4v) is 3.28. The minimum atomic E-state index is -0.781. The molecule has 1 saturated carbocycles. The van der Waals surface area contributed by atoms with Gasteiger partial charge in [0.15, 0.2) is 6.10 Å². The third kappa shape index (κ3) is 4.49. The van der Waals surface area contributed by atoms with E-state index in [2.05, 4.69) is 19.2 Å². The minimum absolute atomic E-state index is 0.0743. The minimum Gasteiger partial charge on any atom is -0.481 e. The van der Waals surface area contributed by atoms with Crippen LogP contribution in [0.25, 0.3) is 0 Å². The standard InChI is InChI=1S/C19H27NO4/c1-11(2)17-8-7-16(9-12(17)3)24-13(4)18(21)20-15-6-5-14(10-15)19(22)23/h7-9,11,13-15H,5-6,10H2,1-4H3,(H,20,21)(H,22,23)/t13?,14-,15+/m1/s1. The van der Waals surface area contributed by atoms with Crippen LogP contribution in [0, 0.1) is 12.8 Å². The molecule has 0 radical (unpaired) electrons. The normalized spacial score (nSPS) is 21.5. The van der Waals surface area contributed by atoms with Crippen molar-refractivity contribution >= 4 is 11.9 Å². The molecular weight excluding hydrogens is 306 g/mol. The number of carbonyl (C=O) groups is 2. The Morgan fingerprint density at radius 1 is 1.25 bits per heavy atom. The van der Waals surface area contributed by atoms with E-state index in [0.29, 0.717) is 30.9 Å². The van der Waals surface area contributed by atoms with Crippen LogP contribution in [0.4, 0.5) is 0 Å². The molecule has 3 atom stereocenters. The van der Waals surface area contributed by atoms with Crippen molar-refractivity contribution in [1.29, 1.82) is 0 Å². The monoisotopic (exact) mass is 333 g/mol. The topological polar surface area (TPSA) is 75.6 Å². The molecule has 1 amide bonds. The number of aryl methyl sites for hydroxylation is 1. The van der Waals surface area contributed by atoms with E-state index < -0.39 is 12.1 Å². The van der Waals surface area contributed by atoms with Crippen molar-refractivity contribution < 1.29 is 19.4 Å². The molecule has 1 unspecified atom stereocenters. The van der Waals surface area contributed by atoms with Crippen molar-refractivity contribution in [3.63, 3.8) is 0 Å². The van der Waals surface area contributed by atoms with Crippen molar-refractivity contribution in [1.82, 2.24) is 5.32 Å². The number of carboxylic acid groups (broad SMARTS) is 1. The molecule has 1 aromatic rings. The number of carbonyl (C=O) groups excluding carboxylic acids is 1. The van der Waals surface area contributed by atoms with Gasteiger partial charge in [-0.2, -0.15) is 0 Å². The number of aliphatic carboxylic acids is 1. The van der Waals surface area contributed by atoms with Crippen LogP contribution in [0.3, 0.4) is 0 Å². The molecule has 2 N–H and O–H groups in total. The highest BCUT2D eigenvalue weighted by atomic mass is 16.5. The van der Waals surface area contributed by atoms with E-state index in [9.17, 15) is 9.59 Å². The third-order valence-electron chi connectivity index (χ3n) is 4.67. The van der Waals surface area contributed by atoms with Gasteiger partial charge in [0, 0.05) is 6.04 Å². The summed E-state index contributed by atoms with van der Waals surface area (Å²) in [5.74, 6) is -0.204. The molecule has 0 heterocycles. The van der Waals surface area contributed by atoms with Gasteiger partial charge in [0.2, 0.25) is 0 Å². The average molecular weight is 333 g/mol. The van der Waals surface area contributed by atoms with Crippen LogP contribution in [0.5, 0.6) is 5.75 Å². The molecule has 2 rings (SSSR count). The Hall–Kier alpha value is -2.04. The zero-order chi connectivity index (χ0) is 17.9. The fraction of sp³-hybridized carbons (Fsp3) is 0.579. The predicted octanol–water partition coefficient (Wildman–Crippen LogP) is 3.26. The average Bonchev–Trinajstić information content (AvgIpc) is 2.95. The molecule has 0 spiro atoms. The summed E-state index contributed by atoms with van der Waals surface area (Å²) >= 11 is 0. The molecule has 5 nitrogen and oxygen atoms in total. The van der Waals surface area contributed by atoms with Gasteiger partial charge in [-0.3, -0.25) is 9.59 Å². The highest BCUT2D eigenvalue weighted by molar-refractivity contribution is 5.81. The highest BCUT2D eigenvalue weighted by Gasteiger charge is 2.31. The van der Waals surface area contributed by atoms with Crippen LogP contribution in [0.1, 0.15) is 57.1 Å². The van der Waals surface area contributed by atoms with Crippen LogP contribution in [0.15, 0.2) is 18.2 Å². The molecule has 5 heteroatoms. The second kappa shape index (κ2) is 7.69. The maximum absolute atomic E-state index is 12.3. The summed E-state index contributed by atoms with van der Waals surface area (Å²) in [5.41, 5.74) is 2.42. The molecule has 24 heavy (non-hydrogen) atoms. The van der Waals surface area contributed by atoms with Gasteiger partial charge < -0.3 is 15.2 Å². The fourth-order valence-electron chi connectivity index (χ4n) is 3.28. The predicted molar refractivity (Wildman–Crippen MR) is 92.3 cm³/mol. The highest BCUT2D eigenvalue weighted by Crippen LogP contribution is 2.26. The summed E-state index contributed by atoms with van der Waals surface area (Å²) in [6.45, 7) is 8.04. The van der Waals surface area contributed by atoms with Crippen LogP contribution in [-0.2, 0) is 9.59 Å². The van der Waals surface area contributed by atoms with E-state index in [1.54, 1.807) is 6.92 Å². The Kier molecular flexibility index (Phi) is 5.86. The number of nitrogens with one attached hydrogen (secondary N) is 1. The third-order valence-corrected chi connectivity index (χ3v) is 4.67. The van der Waals surface area contributed by atoms with E-state index in [1.807, 2.05) is 25.1 Å². The number of hydrogen-bond donors (Lipinski definition) is 2. The largest absolute Gasteiger partial charge is 0.481 e. The number of ether oxygens (including phenoxy) is 1. The number of benzene rings is 1. The van der Waals surface area contributed by atoms with Crippen LogP contribution in [0.2, 0.25) is 0 Å². The molecule has 1 aliphatic rings. The zero-order valence-corrected chi connectivity index (χ0v) is 14.8. The van der Waals surface area contributed by atoms with E-state index in [4.69, 9.17) is 9.84 Å². The maximum Gasteiger partial charge on any atom is 0.306 e. The van der Waals surface area contributed by atoms with E-state index in [1.165, 1.54) is 5.56 Å². The van der Waals surface area contributed by atoms with Crippen molar-refractivity contribution in [3.05, 3.63) is 29.3 Å². The summed E-state index contributed by atoms with van der Waals surface area (Å²) in [4.78, 5) is 23.2. The first-order valence-corrected chi connectivity index (χ1v) is 8.58. The Balaban J connectivity index is 1.90. The molecule has 1 aliphatic carbocycles. The van der Waals surface area contributed by atoms with Crippen molar-refractivity contribution in [3.8, 4) is 5.75 Å². The number of hydrogen-bond acceptors (Lipinski definition) is 3. The molecular formula is C19H27NO4. The van der Waals surface area contributed by atoms with E-state index >= 15 is 0 Å². The first-order chi connectivity index (χ1) is 11.3. The molecule has 1 fully saturated rings. The first-order valence-electron chi connectivity index (χ1n) is 8.58. The van der Waals surface area contributed by atoms with Gasteiger partial charge in [-0.25, -0.2) is 0 Å². The van der Waals surface area contributed by atoms with Gasteiger partial charge in [-0.1, -0.05) is 19.9 Å². The first kappa shape index (κ1) is 18.3. The van der Waals surface area contributed by atoms with Gasteiger partial charge in [0.05, 0.1) is 5.92 Å². The smallest absolute Gasteiger partial charge is 0.306 e. The summed E-state index contributed by atoms with van der Waals surface area (Å²) < 4.78 is 5.75. The Bertz CT molecular complexity index is 611. The van der Waals surface area contributed by atoms with Gasteiger partial charge in [-0.05, 0) is 62.3 Å². The SMILES string of the molecule is Cc1cc(OC(C)C(=O)N[C@H]2CC[C@@H](C(=O)O)C2)ccc1C(C)C. The maximum atomic E-state index is 12.3. The van der Waals surface area contributed by atoms with Gasteiger partial charge >= 0.3 is 5.97 Å². The summed E-state index contributed by atoms with van der Waals surface area (Å²) in [6.07, 6.45) is 1.21. The number of carboxylic acids is 1. The molecule has 0 aromatic heterocycles. The second-order valence-electron chi connectivity index (χ2n) is 6.99. The van der Waals surface area contributed by atoms with Gasteiger partial charge in [0.1, 0.15) is 5.75 Å². The molecule has 0 aliphatic heterocycles. The van der Waals surface area contributed by atoms with Crippen molar-refractivity contribution in [2.75, 3.05) is 0 Å². The quantitative estimate of drug-likeness (QED) is 0.838. The van der Waals surface area contributed by atoms with Crippen molar-refractivity contribution in [2.24, 2.45) is 5.92 Å². The van der Waals surface area contributed by atoms with Crippen LogP contribution in [-0.4, -0.2) is 29.1 Å².